The minimum Gasteiger partial charge on any atom is -0.492 e. The Labute approximate surface area is 218 Å². The smallest absolute Gasteiger partial charge is 0.243 e. The van der Waals surface area contributed by atoms with Gasteiger partial charge in [0.2, 0.25) is 15.9 Å². The monoisotopic (exact) mass is 526 g/mol. The molecule has 1 aliphatic rings. The molecule has 3 aromatic rings. The normalized spacial score (nSPS) is 14.9. The van der Waals surface area contributed by atoms with Gasteiger partial charge in [0.05, 0.1) is 16.5 Å². The van der Waals surface area contributed by atoms with Crippen molar-refractivity contribution in [2.24, 2.45) is 5.92 Å². The van der Waals surface area contributed by atoms with Crippen LogP contribution in [0, 0.1) is 5.92 Å². The summed E-state index contributed by atoms with van der Waals surface area (Å²) in [6, 6.07) is 24.4. The average Bonchev–Trinajstić information content (AvgIpc) is 2.90. The first-order valence-corrected chi connectivity index (χ1v) is 14.0. The summed E-state index contributed by atoms with van der Waals surface area (Å²) in [5.41, 5.74) is 2.13. The molecule has 0 saturated carbocycles. The number of piperidine rings is 1. The van der Waals surface area contributed by atoms with Crippen LogP contribution in [-0.2, 0) is 27.9 Å². The molecule has 0 bridgehead atoms. The molecule has 3 aromatic carbocycles. The first-order valence-electron chi connectivity index (χ1n) is 12.2. The van der Waals surface area contributed by atoms with Crippen LogP contribution in [0.4, 0.5) is 0 Å². The first kappa shape index (κ1) is 26.2. The molecular formula is C28H31ClN2O4S. The van der Waals surface area contributed by atoms with Gasteiger partial charge in [-0.25, -0.2) is 8.42 Å². The molecule has 1 heterocycles. The lowest BCUT2D eigenvalue weighted by Crippen LogP contribution is -2.44. The van der Waals surface area contributed by atoms with Crippen LogP contribution in [0.5, 0.6) is 5.75 Å². The number of sulfonamides is 1. The second-order valence-corrected chi connectivity index (χ2v) is 11.2. The van der Waals surface area contributed by atoms with E-state index in [1.165, 1.54) is 16.4 Å². The van der Waals surface area contributed by atoms with Crippen molar-refractivity contribution in [3.8, 4) is 5.75 Å². The Morgan fingerprint density at radius 3 is 2.00 bits per heavy atom. The zero-order chi connectivity index (χ0) is 25.5. The van der Waals surface area contributed by atoms with Gasteiger partial charge in [0.15, 0.2) is 0 Å². The fourth-order valence-electron chi connectivity index (χ4n) is 4.48. The van der Waals surface area contributed by atoms with E-state index in [0.717, 1.165) is 11.1 Å². The molecule has 0 N–H and O–H groups in total. The molecule has 0 atom stereocenters. The summed E-state index contributed by atoms with van der Waals surface area (Å²) in [6.07, 6.45) is 0.950. The Balaban J connectivity index is 1.45. The Morgan fingerprint density at radius 1 is 0.944 bits per heavy atom. The Morgan fingerprint density at radius 2 is 1.50 bits per heavy atom. The summed E-state index contributed by atoms with van der Waals surface area (Å²) in [5, 5.41) is 0.264. The van der Waals surface area contributed by atoms with Crippen molar-refractivity contribution in [1.29, 1.82) is 0 Å². The van der Waals surface area contributed by atoms with E-state index in [1.54, 1.807) is 6.07 Å². The highest BCUT2D eigenvalue weighted by molar-refractivity contribution is 7.89. The van der Waals surface area contributed by atoms with E-state index < -0.39 is 10.0 Å². The predicted octanol–water partition coefficient (Wildman–Crippen LogP) is 5.37. The fourth-order valence-corrected chi connectivity index (χ4v) is 6.28. The molecule has 190 valence electrons. The van der Waals surface area contributed by atoms with Crippen molar-refractivity contribution < 1.29 is 17.9 Å². The molecule has 1 amide bonds. The van der Waals surface area contributed by atoms with Crippen LogP contribution >= 0.6 is 11.6 Å². The number of ether oxygens (including phenoxy) is 1. The highest BCUT2D eigenvalue weighted by Crippen LogP contribution is 2.31. The first-order chi connectivity index (χ1) is 17.4. The van der Waals surface area contributed by atoms with Crippen LogP contribution in [0.15, 0.2) is 83.8 Å². The number of nitrogens with zero attached hydrogens (tertiary/aromatic N) is 2. The van der Waals surface area contributed by atoms with Crippen molar-refractivity contribution in [2.45, 2.75) is 37.8 Å². The number of benzene rings is 3. The van der Waals surface area contributed by atoms with Gasteiger partial charge in [0.25, 0.3) is 0 Å². The molecule has 36 heavy (non-hydrogen) atoms. The Hall–Kier alpha value is -2.87. The van der Waals surface area contributed by atoms with Gasteiger partial charge >= 0.3 is 0 Å². The summed E-state index contributed by atoms with van der Waals surface area (Å²) < 4.78 is 33.3. The minimum atomic E-state index is -3.71. The second-order valence-electron chi connectivity index (χ2n) is 8.87. The predicted molar refractivity (Wildman–Crippen MR) is 141 cm³/mol. The molecule has 1 fully saturated rings. The van der Waals surface area contributed by atoms with Crippen molar-refractivity contribution >= 4 is 27.5 Å². The quantitative estimate of drug-likeness (QED) is 0.376. The summed E-state index contributed by atoms with van der Waals surface area (Å²) in [7, 11) is -3.71. The maximum Gasteiger partial charge on any atom is 0.243 e. The Kier molecular flexibility index (Phi) is 8.67. The van der Waals surface area contributed by atoms with Crippen LogP contribution in [0.3, 0.4) is 0 Å². The number of carbonyl (C=O) groups is 1. The van der Waals surface area contributed by atoms with Gasteiger partial charge in [-0.3, -0.25) is 4.79 Å². The van der Waals surface area contributed by atoms with Crippen LogP contribution in [0.1, 0.15) is 30.9 Å². The molecule has 6 nitrogen and oxygen atoms in total. The lowest BCUT2D eigenvalue weighted by atomic mass is 9.96. The number of hydrogen-bond acceptors (Lipinski definition) is 4. The van der Waals surface area contributed by atoms with Crippen molar-refractivity contribution in [2.75, 3.05) is 19.7 Å². The number of amides is 1. The topological polar surface area (TPSA) is 66.9 Å². The minimum absolute atomic E-state index is 0.0591. The molecule has 0 aliphatic carbocycles. The van der Waals surface area contributed by atoms with E-state index in [9.17, 15) is 13.2 Å². The highest BCUT2D eigenvalue weighted by atomic mass is 35.5. The van der Waals surface area contributed by atoms with Crippen molar-refractivity contribution in [3.63, 3.8) is 0 Å². The molecule has 0 unspecified atom stereocenters. The van der Waals surface area contributed by atoms with E-state index >= 15 is 0 Å². The molecule has 8 heteroatoms. The molecule has 4 rings (SSSR count). The lowest BCUT2D eigenvalue weighted by molar-refractivity contribution is -0.138. The number of hydrogen-bond donors (Lipinski definition) is 0. The fraction of sp³-hybridized carbons (Fsp3) is 0.321. The Bertz CT molecular complexity index is 1220. The van der Waals surface area contributed by atoms with Gasteiger partial charge in [-0.1, -0.05) is 72.3 Å². The van der Waals surface area contributed by atoms with E-state index in [1.807, 2.05) is 72.5 Å². The highest BCUT2D eigenvalue weighted by Gasteiger charge is 2.34. The van der Waals surface area contributed by atoms with E-state index in [0.29, 0.717) is 38.3 Å². The molecular weight excluding hydrogens is 496 g/mol. The van der Waals surface area contributed by atoms with E-state index in [-0.39, 0.29) is 34.8 Å². The van der Waals surface area contributed by atoms with Crippen LogP contribution in [0.2, 0.25) is 5.02 Å². The maximum atomic E-state index is 13.6. The zero-order valence-corrected chi connectivity index (χ0v) is 21.9. The maximum absolute atomic E-state index is 13.6. The summed E-state index contributed by atoms with van der Waals surface area (Å²) in [4.78, 5) is 15.6. The van der Waals surface area contributed by atoms with Crippen LogP contribution in [-0.4, -0.2) is 43.2 Å². The molecule has 0 spiro atoms. The standard InChI is InChI=1S/C28H31ClN2O4S/c1-2-35-27-14-13-25(19-26(27)29)36(33,34)31-17-15-24(16-18-31)28(32)30(20-22-9-5-3-6-10-22)21-23-11-7-4-8-12-23/h3-14,19,24H,2,15-18,20-21H2,1H3. The average molecular weight is 527 g/mol. The van der Waals surface area contributed by atoms with E-state index in [4.69, 9.17) is 16.3 Å². The SMILES string of the molecule is CCOc1ccc(S(=O)(=O)N2CCC(C(=O)N(Cc3ccccc3)Cc3ccccc3)CC2)cc1Cl. The van der Waals surface area contributed by atoms with Crippen molar-refractivity contribution in [3.05, 3.63) is 95.0 Å². The molecule has 1 aliphatic heterocycles. The zero-order valence-electron chi connectivity index (χ0n) is 20.3. The number of rotatable bonds is 9. The van der Waals surface area contributed by atoms with Gasteiger partial charge < -0.3 is 9.64 Å². The third kappa shape index (κ3) is 6.27. The molecule has 1 saturated heterocycles. The van der Waals surface area contributed by atoms with Crippen LogP contribution in [0.25, 0.3) is 0 Å². The second kappa shape index (κ2) is 11.9. The van der Waals surface area contributed by atoms with Crippen molar-refractivity contribution in [1.82, 2.24) is 9.21 Å². The molecule has 0 aromatic heterocycles. The summed E-state index contributed by atoms with van der Waals surface area (Å²) >= 11 is 6.23. The van der Waals surface area contributed by atoms with Crippen LogP contribution < -0.4 is 4.74 Å². The number of halogens is 1. The van der Waals surface area contributed by atoms with Gasteiger partial charge in [0.1, 0.15) is 5.75 Å². The van der Waals surface area contributed by atoms with Gasteiger partial charge in [-0.15, -0.1) is 0 Å². The third-order valence-electron chi connectivity index (χ3n) is 6.39. The van der Waals surface area contributed by atoms with Gasteiger partial charge in [0, 0.05) is 32.1 Å². The molecule has 0 radical (unpaired) electrons. The van der Waals surface area contributed by atoms with E-state index in [2.05, 4.69) is 0 Å². The number of carbonyl (C=O) groups excluding carboxylic acids is 1. The third-order valence-corrected chi connectivity index (χ3v) is 8.58. The van der Waals surface area contributed by atoms with Gasteiger partial charge in [-0.2, -0.15) is 4.31 Å². The summed E-state index contributed by atoms with van der Waals surface area (Å²) in [6.45, 7) is 3.88. The lowest BCUT2D eigenvalue weighted by Gasteiger charge is -2.34. The summed E-state index contributed by atoms with van der Waals surface area (Å²) in [5.74, 6) is 0.288. The largest absolute Gasteiger partial charge is 0.492 e. The van der Waals surface area contributed by atoms with Gasteiger partial charge in [-0.05, 0) is 49.1 Å².